The molecule has 5 aromatic rings. The summed E-state index contributed by atoms with van der Waals surface area (Å²) in [7, 11) is 0. The number of hydrogen-bond acceptors (Lipinski definition) is 14. The first-order valence-electron chi connectivity index (χ1n) is 27.5. The number of halogens is 3. The summed E-state index contributed by atoms with van der Waals surface area (Å²) in [5, 5.41) is 32.1. The van der Waals surface area contributed by atoms with Crippen molar-refractivity contribution in [1.82, 2.24) is 66.2 Å². The molecule has 0 spiro atoms. The number of amides is 8. The minimum Gasteiger partial charge on any atom is -0.451 e. The molecule has 0 bridgehead atoms. The van der Waals surface area contributed by atoms with Crippen LogP contribution in [0.1, 0.15) is 92.0 Å². The van der Waals surface area contributed by atoms with E-state index in [2.05, 4.69) is 62.1 Å². The summed E-state index contributed by atoms with van der Waals surface area (Å²) < 4.78 is 46.4. The van der Waals surface area contributed by atoms with Crippen molar-refractivity contribution < 1.29 is 51.8 Å². The molecule has 8 amide bonds. The van der Waals surface area contributed by atoms with Crippen LogP contribution in [0.4, 0.5) is 39.2 Å². The Kier molecular flexibility index (Phi) is 18.7. The maximum atomic E-state index is 13.9. The van der Waals surface area contributed by atoms with Crippen molar-refractivity contribution in [2.24, 2.45) is 0 Å². The third-order valence-electron chi connectivity index (χ3n) is 15.3. The molecule has 81 heavy (non-hydrogen) atoms. The number of ether oxygens (including phenoxy) is 1. The SMILES string of the molecule is CCC(=O)N[C@H]1C[C@@H](n2cnc3c(NCC(c4ccccc4)c4ccccc4)nc(C(=O)NCCNC(=O)NC4CCN(C(=O)NC5CCN(C(=O)NC6CCN(c7ccccn7)CC6)CC5)CC4)nc32)[C@H](O)[C@@H]1OC(=O)C(F)(F)F. The van der Waals surface area contributed by atoms with Crippen LogP contribution in [0.5, 0.6) is 0 Å². The maximum absolute atomic E-state index is 13.9. The van der Waals surface area contributed by atoms with Gasteiger partial charge in [0.2, 0.25) is 11.7 Å². The summed E-state index contributed by atoms with van der Waals surface area (Å²) in [4.78, 5) is 102. The summed E-state index contributed by atoms with van der Waals surface area (Å²) in [6.45, 7) is 5.29. The molecule has 1 aliphatic carbocycles. The highest BCUT2D eigenvalue weighted by atomic mass is 19.4. The molecule has 8 N–H and O–H groups in total. The van der Waals surface area contributed by atoms with Crippen molar-refractivity contribution in [2.45, 2.75) is 113 Å². The fraction of sp³-hybridized carbons (Fsp3) is 0.491. The Morgan fingerprint density at radius 2 is 1.27 bits per heavy atom. The van der Waals surface area contributed by atoms with Crippen molar-refractivity contribution in [1.29, 1.82) is 0 Å². The Bertz CT molecular complexity index is 2920. The zero-order chi connectivity index (χ0) is 57.0. The molecule has 2 aromatic carbocycles. The Morgan fingerprint density at radius 3 is 1.84 bits per heavy atom. The third kappa shape index (κ3) is 14.6. The molecule has 26 heteroatoms. The van der Waals surface area contributed by atoms with E-state index >= 15 is 0 Å². The number of aromatic nitrogens is 5. The summed E-state index contributed by atoms with van der Waals surface area (Å²) in [6, 6.07) is 21.9. The average Bonchev–Trinajstić information content (AvgIpc) is 4.21. The number of esters is 1. The summed E-state index contributed by atoms with van der Waals surface area (Å²) in [5.74, 6) is -3.33. The highest BCUT2D eigenvalue weighted by Gasteiger charge is 2.51. The van der Waals surface area contributed by atoms with Crippen LogP contribution in [0, 0.1) is 0 Å². The first kappa shape index (κ1) is 57.4. The van der Waals surface area contributed by atoms with Gasteiger partial charge in [-0.25, -0.2) is 39.1 Å². The van der Waals surface area contributed by atoms with Crippen molar-refractivity contribution in [3.63, 3.8) is 0 Å². The Morgan fingerprint density at radius 1 is 0.704 bits per heavy atom. The molecule has 3 aromatic heterocycles. The molecule has 3 aliphatic heterocycles. The molecule has 4 fully saturated rings. The number of rotatable bonds is 17. The van der Waals surface area contributed by atoms with Gasteiger partial charge in [-0.2, -0.15) is 13.2 Å². The fourth-order valence-electron chi connectivity index (χ4n) is 10.9. The molecule has 23 nitrogen and oxygen atoms in total. The van der Waals surface area contributed by atoms with E-state index in [1.807, 2.05) is 83.8 Å². The van der Waals surface area contributed by atoms with Crippen LogP contribution in [0.2, 0.25) is 0 Å². The third-order valence-corrected chi connectivity index (χ3v) is 15.3. The zero-order valence-corrected chi connectivity index (χ0v) is 44.8. The van der Waals surface area contributed by atoms with E-state index in [-0.39, 0.29) is 91.4 Å². The quantitative estimate of drug-likeness (QED) is 0.0479. The van der Waals surface area contributed by atoms with Gasteiger partial charge in [-0.1, -0.05) is 73.7 Å². The predicted octanol–water partition coefficient (Wildman–Crippen LogP) is 4.19. The lowest BCUT2D eigenvalue weighted by Crippen LogP contribution is -2.55. The van der Waals surface area contributed by atoms with E-state index in [4.69, 9.17) is 4.74 Å². The summed E-state index contributed by atoms with van der Waals surface area (Å²) in [5.41, 5.74) is 2.10. The monoisotopic (exact) mass is 1120 g/mol. The van der Waals surface area contributed by atoms with E-state index in [9.17, 15) is 47.0 Å². The molecule has 1 saturated carbocycles. The Labute approximate surface area is 465 Å². The number of pyridine rings is 1. The normalized spacial score (nSPS) is 20.1. The molecule has 0 unspecified atom stereocenters. The van der Waals surface area contributed by atoms with Crippen molar-refractivity contribution in [3.8, 4) is 0 Å². The lowest BCUT2D eigenvalue weighted by molar-refractivity contribution is -0.209. The van der Waals surface area contributed by atoms with Crippen molar-refractivity contribution >= 4 is 58.7 Å². The lowest BCUT2D eigenvalue weighted by atomic mass is 9.91. The van der Waals surface area contributed by atoms with Crippen LogP contribution in [0.3, 0.4) is 0 Å². The van der Waals surface area contributed by atoms with Gasteiger partial charge in [0.1, 0.15) is 17.4 Å². The smallest absolute Gasteiger partial charge is 0.451 e. The molecule has 6 heterocycles. The number of aliphatic hydroxyl groups excluding tert-OH is 1. The van der Waals surface area contributed by atoms with Crippen LogP contribution < -0.4 is 42.1 Å². The highest BCUT2D eigenvalue weighted by molar-refractivity contribution is 5.94. The number of benzene rings is 2. The molecule has 4 aliphatic rings. The summed E-state index contributed by atoms with van der Waals surface area (Å²) >= 11 is 0. The Balaban J connectivity index is 0.766. The van der Waals surface area contributed by atoms with E-state index < -0.39 is 54.3 Å². The minimum absolute atomic E-state index is 0.00355. The number of alkyl halides is 3. The van der Waals surface area contributed by atoms with Crippen LogP contribution in [-0.2, 0) is 14.3 Å². The van der Waals surface area contributed by atoms with E-state index in [0.717, 1.165) is 42.9 Å². The van der Waals surface area contributed by atoms with Gasteiger partial charge in [-0.05, 0) is 68.2 Å². The number of fused-ring (bicyclic) bond motifs is 1. The van der Waals surface area contributed by atoms with Gasteiger partial charge in [0.15, 0.2) is 17.6 Å². The van der Waals surface area contributed by atoms with E-state index in [1.54, 1.807) is 11.1 Å². The lowest BCUT2D eigenvalue weighted by Gasteiger charge is -2.37. The molecular weight excluding hydrogens is 1060 g/mol. The zero-order valence-electron chi connectivity index (χ0n) is 44.8. The Hall–Kier alpha value is -8.29. The van der Waals surface area contributed by atoms with Gasteiger partial charge < -0.3 is 66.3 Å². The van der Waals surface area contributed by atoms with Gasteiger partial charge in [0.05, 0.1) is 18.4 Å². The molecule has 4 atom stereocenters. The number of anilines is 2. The molecular formula is C55H68F3N15O8. The number of nitrogens with zero attached hydrogens (tertiary/aromatic N) is 8. The van der Waals surface area contributed by atoms with Crippen LogP contribution >= 0.6 is 0 Å². The second-order valence-electron chi connectivity index (χ2n) is 20.7. The molecule has 9 rings (SSSR count). The van der Waals surface area contributed by atoms with Gasteiger partial charge in [-0.15, -0.1) is 0 Å². The number of piperidine rings is 3. The number of nitrogens with one attached hydrogen (secondary N) is 7. The van der Waals surface area contributed by atoms with Crippen LogP contribution in [0.15, 0.2) is 91.4 Å². The van der Waals surface area contributed by atoms with Crippen LogP contribution in [0.25, 0.3) is 11.2 Å². The van der Waals surface area contributed by atoms with Gasteiger partial charge in [0, 0.05) is 95.6 Å². The molecule has 432 valence electrons. The van der Waals surface area contributed by atoms with Gasteiger partial charge in [0.25, 0.3) is 5.91 Å². The second-order valence-corrected chi connectivity index (χ2v) is 20.7. The maximum Gasteiger partial charge on any atom is 0.490 e. The standard InChI is InChI=1S/C55H68F3N15O8/c1-2-43(74)67-40-31-41(45(75)46(40)81-51(77)55(56,57)58)73-33-63-44-47(62-32-39(34-11-5-3-6-12-34)35-13-7-4-8-14-35)68-48(69-49(44)73)50(76)60-23-24-61-52(78)64-36-18-27-71(28-19-36)54(80)66-38-20-29-72(30-21-38)53(79)65-37-16-25-70(26-17-37)42-15-9-10-22-59-42/h3-15,22,33,36-41,45-46,75H,2,16-21,23-32H2,1H3,(H,60,76)(H,65,79)(H,66,80)(H,67,74)(H2,61,64,78)(H,62,68,69)/t40-,41+,45-,46+/m0/s1. The van der Waals surface area contributed by atoms with Crippen molar-refractivity contribution in [2.75, 3.05) is 69.1 Å². The van der Waals surface area contributed by atoms with E-state index in [1.165, 1.54) is 17.8 Å². The number of hydrogen-bond donors (Lipinski definition) is 8. The minimum atomic E-state index is -5.38. The first-order valence-corrected chi connectivity index (χ1v) is 27.5. The number of carbonyl (C=O) groups is 6. The number of aliphatic hydroxyl groups is 1. The van der Waals surface area contributed by atoms with Crippen LogP contribution in [-0.4, -0.2) is 177 Å². The fourth-order valence-corrected chi connectivity index (χ4v) is 10.9. The topological polar surface area (TPSA) is 282 Å². The van der Waals surface area contributed by atoms with Gasteiger partial charge >= 0.3 is 30.2 Å². The summed E-state index contributed by atoms with van der Waals surface area (Å²) in [6.07, 6.45) is -2.15. The second kappa shape index (κ2) is 26.3. The number of urea groups is 3. The number of imidazole rings is 1. The number of likely N-dealkylation sites (tertiary alicyclic amines) is 2. The van der Waals surface area contributed by atoms with Crippen molar-refractivity contribution in [3.05, 3.63) is 108 Å². The largest absolute Gasteiger partial charge is 0.490 e. The molecule has 0 radical (unpaired) electrons. The predicted molar refractivity (Wildman–Crippen MR) is 291 cm³/mol. The average molecular weight is 1120 g/mol. The highest BCUT2D eigenvalue weighted by Crippen LogP contribution is 2.37. The van der Waals surface area contributed by atoms with E-state index in [0.29, 0.717) is 51.9 Å². The first-order chi connectivity index (χ1) is 39.1. The number of carbonyl (C=O) groups excluding carboxylic acids is 6. The molecule has 3 saturated heterocycles. The van der Waals surface area contributed by atoms with Gasteiger partial charge in [-0.3, -0.25) is 9.59 Å².